The van der Waals surface area contributed by atoms with E-state index in [2.05, 4.69) is 0 Å². The number of aliphatic hydroxyl groups is 4. The molecule has 0 aromatic heterocycles. The zero-order valence-electron chi connectivity index (χ0n) is 17.8. The van der Waals surface area contributed by atoms with Crippen LogP contribution < -0.4 is 0 Å². The summed E-state index contributed by atoms with van der Waals surface area (Å²) in [5.74, 6) is -0.882. The first-order valence-corrected chi connectivity index (χ1v) is 10.6. The van der Waals surface area contributed by atoms with Crippen molar-refractivity contribution in [2.45, 2.75) is 95.6 Å². The number of aliphatic hydroxyl groups excluding tert-OH is 4. The number of carbonyl (C=O) groups excluding carboxylic acids is 2. The van der Waals surface area contributed by atoms with E-state index in [-0.39, 0.29) is 26.1 Å². The Morgan fingerprint density at radius 1 is 0.900 bits per heavy atom. The smallest absolute Gasteiger partial charge is 0.306 e. The van der Waals surface area contributed by atoms with Crippen LogP contribution in [0.5, 0.6) is 0 Å². The molecule has 1 aliphatic heterocycles. The lowest BCUT2D eigenvalue weighted by molar-refractivity contribution is -0.305. The molecule has 4 N–H and O–H groups in total. The van der Waals surface area contributed by atoms with Crippen molar-refractivity contribution < 1.29 is 49.0 Å². The molecule has 1 fully saturated rings. The Kier molecular flexibility index (Phi) is 13.1. The Morgan fingerprint density at radius 3 is 2.20 bits per heavy atom. The molecule has 0 aromatic rings. The topological polar surface area (TPSA) is 152 Å². The molecular weight excluding hydrogens is 400 g/mol. The van der Waals surface area contributed by atoms with Crippen LogP contribution in [0.15, 0.2) is 0 Å². The summed E-state index contributed by atoms with van der Waals surface area (Å²) in [5, 5.41) is 38.9. The second-order valence-corrected chi connectivity index (χ2v) is 7.39. The molecule has 10 nitrogen and oxygen atoms in total. The van der Waals surface area contributed by atoms with E-state index in [1.54, 1.807) is 0 Å². The lowest BCUT2D eigenvalue weighted by Gasteiger charge is -2.39. The molecule has 0 saturated carbocycles. The summed E-state index contributed by atoms with van der Waals surface area (Å²) >= 11 is 0. The number of hydrogen-bond donors (Lipinski definition) is 4. The molecule has 6 atom stereocenters. The molecule has 0 aromatic carbocycles. The van der Waals surface area contributed by atoms with Crippen molar-refractivity contribution in [2.24, 2.45) is 0 Å². The molecule has 0 amide bonds. The van der Waals surface area contributed by atoms with E-state index < -0.39 is 55.4 Å². The predicted octanol–water partition coefficient (Wildman–Crippen LogP) is 0.0284. The van der Waals surface area contributed by atoms with Gasteiger partial charge in [-0.3, -0.25) is 9.59 Å². The van der Waals surface area contributed by atoms with E-state index in [0.717, 1.165) is 19.3 Å². The van der Waals surface area contributed by atoms with Gasteiger partial charge < -0.3 is 39.4 Å². The standard InChI is InChI=1S/C20H36O10/c1-3-5-7-9-16(23)29-13(11-27-15(22)8-6-4-2)12-28-20-19(26)18(25)17(24)14(10-21)30-20/h13-14,17-21,24-26H,3-12H2,1-2H3/t13-,14-,17+,18+,19-,20-/m1/s1. The van der Waals surface area contributed by atoms with Crippen LogP contribution in [0.25, 0.3) is 0 Å². The highest BCUT2D eigenvalue weighted by Crippen LogP contribution is 2.22. The number of hydrogen-bond acceptors (Lipinski definition) is 10. The zero-order chi connectivity index (χ0) is 22.5. The summed E-state index contributed by atoms with van der Waals surface area (Å²) in [6, 6.07) is 0. The van der Waals surface area contributed by atoms with Gasteiger partial charge in [0.2, 0.25) is 0 Å². The maximum atomic E-state index is 12.0. The molecule has 10 heteroatoms. The van der Waals surface area contributed by atoms with Gasteiger partial charge in [0, 0.05) is 12.8 Å². The largest absolute Gasteiger partial charge is 0.462 e. The normalized spacial score (nSPS) is 27.5. The minimum Gasteiger partial charge on any atom is -0.462 e. The van der Waals surface area contributed by atoms with E-state index in [1.807, 2.05) is 13.8 Å². The monoisotopic (exact) mass is 436 g/mol. The molecule has 0 radical (unpaired) electrons. The molecule has 0 aliphatic carbocycles. The molecule has 1 aliphatic rings. The van der Waals surface area contributed by atoms with Crippen molar-refractivity contribution in [3.8, 4) is 0 Å². The van der Waals surface area contributed by atoms with Gasteiger partial charge in [-0.25, -0.2) is 0 Å². The van der Waals surface area contributed by atoms with Gasteiger partial charge in [-0.15, -0.1) is 0 Å². The van der Waals surface area contributed by atoms with Crippen molar-refractivity contribution >= 4 is 11.9 Å². The molecule has 1 rings (SSSR count). The number of rotatable bonds is 14. The molecule has 1 saturated heterocycles. The average Bonchev–Trinajstić information content (AvgIpc) is 2.73. The van der Waals surface area contributed by atoms with Crippen molar-refractivity contribution in [1.29, 1.82) is 0 Å². The fourth-order valence-electron chi connectivity index (χ4n) is 2.87. The number of ether oxygens (including phenoxy) is 4. The van der Waals surface area contributed by atoms with Crippen LogP contribution in [0, 0.1) is 0 Å². The van der Waals surface area contributed by atoms with Gasteiger partial charge in [0.05, 0.1) is 13.2 Å². The Morgan fingerprint density at radius 2 is 1.57 bits per heavy atom. The van der Waals surface area contributed by atoms with E-state index in [9.17, 15) is 30.0 Å². The Balaban J connectivity index is 2.64. The first-order valence-electron chi connectivity index (χ1n) is 10.6. The van der Waals surface area contributed by atoms with Crippen LogP contribution in [0.2, 0.25) is 0 Å². The second kappa shape index (κ2) is 14.7. The van der Waals surface area contributed by atoms with Gasteiger partial charge >= 0.3 is 11.9 Å². The first-order chi connectivity index (χ1) is 14.3. The summed E-state index contributed by atoms with van der Waals surface area (Å²) < 4.78 is 21.2. The van der Waals surface area contributed by atoms with Crippen molar-refractivity contribution in [3.05, 3.63) is 0 Å². The van der Waals surface area contributed by atoms with E-state index >= 15 is 0 Å². The molecule has 30 heavy (non-hydrogen) atoms. The fraction of sp³-hybridized carbons (Fsp3) is 0.900. The lowest BCUT2D eigenvalue weighted by atomic mass is 9.99. The number of unbranched alkanes of at least 4 members (excludes halogenated alkanes) is 3. The molecule has 1 heterocycles. The average molecular weight is 436 g/mol. The summed E-state index contributed by atoms with van der Waals surface area (Å²) in [6.07, 6.45) is -3.58. The summed E-state index contributed by atoms with van der Waals surface area (Å²) in [6.45, 7) is 2.87. The summed E-state index contributed by atoms with van der Waals surface area (Å²) in [4.78, 5) is 23.8. The molecule has 0 bridgehead atoms. The molecular formula is C20H36O10. The Labute approximate surface area is 177 Å². The maximum Gasteiger partial charge on any atom is 0.306 e. The van der Waals surface area contributed by atoms with E-state index in [0.29, 0.717) is 12.8 Å². The molecule has 0 spiro atoms. The highest BCUT2D eigenvalue weighted by atomic mass is 16.7. The summed E-state index contributed by atoms with van der Waals surface area (Å²) in [5.41, 5.74) is 0. The van der Waals surface area contributed by atoms with Crippen LogP contribution in [-0.2, 0) is 28.5 Å². The molecule has 0 unspecified atom stereocenters. The van der Waals surface area contributed by atoms with Gasteiger partial charge in [-0.05, 0) is 12.8 Å². The third-order valence-electron chi connectivity index (χ3n) is 4.74. The van der Waals surface area contributed by atoms with Crippen molar-refractivity contribution in [1.82, 2.24) is 0 Å². The molecule has 176 valence electrons. The minimum atomic E-state index is -1.58. The maximum absolute atomic E-state index is 12.0. The van der Waals surface area contributed by atoms with Gasteiger partial charge in [0.25, 0.3) is 0 Å². The first kappa shape index (κ1) is 26.7. The van der Waals surface area contributed by atoms with Crippen LogP contribution in [0.3, 0.4) is 0 Å². The number of esters is 2. The predicted molar refractivity (Wildman–Crippen MR) is 104 cm³/mol. The summed E-state index contributed by atoms with van der Waals surface area (Å²) in [7, 11) is 0. The van der Waals surface area contributed by atoms with Gasteiger partial charge in [0.1, 0.15) is 31.0 Å². The van der Waals surface area contributed by atoms with Crippen LogP contribution in [0.4, 0.5) is 0 Å². The van der Waals surface area contributed by atoms with Gasteiger partial charge in [-0.1, -0.05) is 33.1 Å². The Hall–Kier alpha value is -1.30. The van der Waals surface area contributed by atoms with E-state index in [4.69, 9.17) is 18.9 Å². The highest BCUT2D eigenvalue weighted by Gasteiger charge is 2.44. The minimum absolute atomic E-state index is 0.216. The van der Waals surface area contributed by atoms with Crippen LogP contribution >= 0.6 is 0 Å². The number of carbonyl (C=O) groups is 2. The second-order valence-electron chi connectivity index (χ2n) is 7.39. The van der Waals surface area contributed by atoms with Crippen molar-refractivity contribution in [2.75, 3.05) is 19.8 Å². The van der Waals surface area contributed by atoms with E-state index in [1.165, 1.54) is 0 Å². The fourth-order valence-corrected chi connectivity index (χ4v) is 2.87. The third kappa shape index (κ3) is 9.23. The third-order valence-corrected chi connectivity index (χ3v) is 4.74. The quantitative estimate of drug-likeness (QED) is 0.217. The zero-order valence-corrected chi connectivity index (χ0v) is 17.8. The van der Waals surface area contributed by atoms with Crippen LogP contribution in [-0.4, -0.2) is 89.0 Å². The highest BCUT2D eigenvalue weighted by molar-refractivity contribution is 5.70. The SMILES string of the molecule is CCCCCC(=O)O[C@H](COC(=O)CCCC)CO[C@@H]1O[C@H](CO)[C@H](O)[C@H](O)[C@H]1O. The Bertz CT molecular complexity index is 498. The lowest BCUT2D eigenvalue weighted by Crippen LogP contribution is -2.59. The van der Waals surface area contributed by atoms with Crippen molar-refractivity contribution in [3.63, 3.8) is 0 Å². The van der Waals surface area contributed by atoms with Gasteiger partial charge in [0.15, 0.2) is 12.4 Å². The van der Waals surface area contributed by atoms with Crippen LogP contribution in [0.1, 0.15) is 58.8 Å². The van der Waals surface area contributed by atoms with Gasteiger partial charge in [-0.2, -0.15) is 0 Å².